The highest BCUT2D eigenvalue weighted by Crippen LogP contribution is 2.24. The van der Waals surface area contributed by atoms with E-state index >= 15 is 0 Å². The summed E-state index contributed by atoms with van der Waals surface area (Å²) in [5.41, 5.74) is 0.0526. The average Bonchev–Trinajstić information content (AvgIpc) is 2.28. The van der Waals surface area contributed by atoms with Gasteiger partial charge in [0.15, 0.2) is 0 Å². The van der Waals surface area contributed by atoms with Crippen molar-refractivity contribution in [2.75, 3.05) is 20.3 Å². The lowest BCUT2D eigenvalue weighted by Gasteiger charge is -2.04. The zero-order valence-electron chi connectivity index (χ0n) is 9.10. The number of nitro benzene ring substituents is 1. The van der Waals surface area contributed by atoms with Crippen molar-refractivity contribution in [3.05, 3.63) is 38.9 Å². The number of ether oxygens (including phenoxy) is 1. The molecule has 0 fully saturated rings. The Hall–Kier alpha value is -1.66. The largest absolute Gasteiger partial charge is 0.383 e. The molecule has 17 heavy (non-hydrogen) atoms. The van der Waals surface area contributed by atoms with Crippen LogP contribution in [-0.4, -0.2) is 31.1 Å². The van der Waals surface area contributed by atoms with E-state index in [0.717, 1.165) is 0 Å². The Morgan fingerprint density at radius 2 is 2.29 bits per heavy atom. The molecule has 0 aromatic heterocycles. The van der Waals surface area contributed by atoms with Gasteiger partial charge in [0.2, 0.25) is 0 Å². The number of hydrogen-bond donors (Lipinski definition) is 1. The maximum absolute atomic E-state index is 11.6. The van der Waals surface area contributed by atoms with Crippen LogP contribution < -0.4 is 5.32 Å². The first-order chi connectivity index (χ1) is 8.06. The average molecular weight is 259 g/mol. The summed E-state index contributed by atoms with van der Waals surface area (Å²) < 4.78 is 4.77. The van der Waals surface area contributed by atoms with Crippen LogP contribution in [-0.2, 0) is 4.74 Å². The quantitative estimate of drug-likeness (QED) is 0.494. The lowest BCUT2D eigenvalue weighted by Crippen LogP contribution is -2.26. The third-order valence-electron chi connectivity index (χ3n) is 2.00. The number of carbonyl (C=O) groups excluding carboxylic acids is 1. The number of carbonyl (C=O) groups is 1. The number of halogens is 1. The molecule has 0 radical (unpaired) electrons. The van der Waals surface area contributed by atoms with E-state index in [1.54, 1.807) is 0 Å². The van der Waals surface area contributed by atoms with Crippen molar-refractivity contribution >= 4 is 23.2 Å². The molecule has 0 heterocycles. The lowest BCUT2D eigenvalue weighted by molar-refractivity contribution is -0.384. The Morgan fingerprint density at radius 3 is 2.82 bits per heavy atom. The molecule has 7 heteroatoms. The fraction of sp³-hybridized carbons (Fsp3) is 0.300. The van der Waals surface area contributed by atoms with Crippen LogP contribution in [0.3, 0.4) is 0 Å². The molecule has 0 saturated heterocycles. The van der Waals surface area contributed by atoms with Crippen molar-refractivity contribution in [3.63, 3.8) is 0 Å². The molecule has 1 rings (SSSR count). The van der Waals surface area contributed by atoms with Crippen LogP contribution in [0.15, 0.2) is 18.2 Å². The van der Waals surface area contributed by atoms with Crippen LogP contribution in [0.1, 0.15) is 10.4 Å². The van der Waals surface area contributed by atoms with Gasteiger partial charge in [-0.3, -0.25) is 14.9 Å². The van der Waals surface area contributed by atoms with Crippen LogP contribution in [0.5, 0.6) is 0 Å². The zero-order valence-corrected chi connectivity index (χ0v) is 9.86. The minimum Gasteiger partial charge on any atom is -0.383 e. The normalized spacial score (nSPS) is 10.0. The third kappa shape index (κ3) is 3.69. The first-order valence-corrected chi connectivity index (χ1v) is 5.15. The van der Waals surface area contributed by atoms with Gasteiger partial charge in [0.05, 0.1) is 11.5 Å². The number of nitro groups is 1. The molecule has 0 unspecified atom stereocenters. The Bertz CT molecular complexity index is 436. The summed E-state index contributed by atoms with van der Waals surface area (Å²) in [6.07, 6.45) is 0. The van der Waals surface area contributed by atoms with E-state index in [-0.39, 0.29) is 22.2 Å². The van der Waals surface area contributed by atoms with E-state index in [2.05, 4.69) is 5.32 Å². The van der Waals surface area contributed by atoms with E-state index in [0.29, 0.717) is 13.2 Å². The summed E-state index contributed by atoms with van der Waals surface area (Å²) in [6.45, 7) is 0.760. The molecule has 92 valence electrons. The maximum Gasteiger partial charge on any atom is 0.287 e. The van der Waals surface area contributed by atoms with Crippen LogP contribution in [0.2, 0.25) is 5.02 Å². The minimum atomic E-state index is -0.602. The Kier molecular flexibility index (Phi) is 4.86. The van der Waals surface area contributed by atoms with Gasteiger partial charge in [-0.25, -0.2) is 0 Å². The molecule has 0 saturated carbocycles. The van der Waals surface area contributed by atoms with Crippen molar-refractivity contribution in [2.45, 2.75) is 0 Å². The molecule has 1 N–H and O–H groups in total. The molecule has 0 atom stereocenters. The second-order valence-corrected chi connectivity index (χ2v) is 3.58. The predicted octanol–water partition coefficient (Wildman–Crippen LogP) is 1.62. The molecule has 1 aromatic carbocycles. The van der Waals surface area contributed by atoms with Crippen molar-refractivity contribution < 1.29 is 14.5 Å². The van der Waals surface area contributed by atoms with E-state index in [1.165, 1.54) is 25.3 Å². The molecule has 0 aliphatic heterocycles. The second-order valence-electron chi connectivity index (χ2n) is 3.17. The fourth-order valence-electron chi connectivity index (χ4n) is 1.16. The van der Waals surface area contributed by atoms with Crippen molar-refractivity contribution in [3.8, 4) is 0 Å². The number of rotatable bonds is 5. The van der Waals surface area contributed by atoms with Gasteiger partial charge in [-0.15, -0.1) is 0 Å². The topological polar surface area (TPSA) is 81.5 Å². The predicted molar refractivity (Wildman–Crippen MR) is 62.3 cm³/mol. The highest BCUT2D eigenvalue weighted by molar-refractivity contribution is 6.33. The molecule has 0 aliphatic carbocycles. The maximum atomic E-state index is 11.6. The van der Waals surface area contributed by atoms with E-state index in [1.807, 2.05) is 0 Å². The smallest absolute Gasteiger partial charge is 0.287 e. The standard InChI is InChI=1S/C10H11ClN2O4/c1-17-5-4-12-10(14)7-2-3-9(13(15)16)8(11)6-7/h2-3,6H,4-5H2,1H3,(H,12,14). The molecule has 0 aliphatic rings. The number of methoxy groups -OCH3 is 1. The first-order valence-electron chi connectivity index (χ1n) is 4.77. The highest BCUT2D eigenvalue weighted by atomic mass is 35.5. The number of nitrogens with one attached hydrogen (secondary N) is 1. The van der Waals surface area contributed by atoms with E-state index in [9.17, 15) is 14.9 Å². The second kappa shape index (κ2) is 6.17. The van der Waals surface area contributed by atoms with Gasteiger partial charge >= 0.3 is 0 Å². The summed E-state index contributed by atoms with van der Waals surface area (Å²) >= 11 is 5.68. The molecular formula is C10H11ClN2O4. The zero-order chi connectivity index (χ0) is 12.8. The number of benzene rings is 1. The highest BCUT2D eigenvalue weighted by Gasteiger charge is 2.14. The summed E-state index contributed by atoms with van der Waals surface area (Å²) in [5.74, 6) is -0.348. The lowest BCUT2D eigenvalue weighted by atomic mass is 10.2. The van der Waals surface area contributed by atoms with Crippen molar-refractivity contribution in [1.29, 1.82) is 0 Å². The molecule has 0 bridgehead atoms. The summed E-state index contributed by atoms with van der Waals surface area (Å²) in [6, 6.07) is 3.82. The molecule has 1 amide bonds. The van der Waals surface area contributed by atoms with Gasteiger partial charge in [-0.2, -0.15) is 0 Å². The SMILES string of the molecule is COCCNC(=O)c1ccc([N+](=O)[O-])c(Cl)c1. The summed E-state index contributed by atoms with van der Waals surface area (Å²) in [5, 5.41) is 13.0. The Morgan fingerprint density at radius 1 is 1.59 bits per heavy atom. The summed E-state index contributed by atoms with van der Waals surface area (Å²) in [7, 11) is 1.52. The van der Waals surface area contributed by atoms with Crippen LogP contribution in [0.25, 0.3) is 0 Å². The van der Waals surface area contributed by atoms with Gasteiger partial charge in [0.1, 0.15) is 5.02 Å². The molecule has 1 aromatic rings. The monoisotopic (exact) mass is 258 g/mol. The van der Waals surface area contributed by atoms with Crippen LogP contribution in [0.4, 0.5) is 5.69 Å². The third-order valence-corrected chi connectivity index (χ3v) is 2.30. The Balaban J connectivity index is 2.76. The first kappa shape index (κ1) is 13.4. The number of nitrogens with zero attached hydrogens (tertiary/aromatic N) is 1. The van der Waals surface area contributed by atoms with Gasteiger partial charge < -0.3 is 10.1 Å². The van der Waals surface area contributed by atoms with Gasteiger partial charge in [0, 0.05) is 25.3 Å². The summed E-state index contributed by atoms with van der Waals surface area (Å²) in [4.78, 5) is 21.5. The molecule has 0 spiro atoms. The van der Waals surface area contributed by atoms with Gasteiger partial charge in [-0.1, -0.05) is 11.6 Å². The van der Waals surface area contributed by atoms with Crippen molar-refractivity contribution in [2.24, 2.45) is 0 Å². The minimum absolute atomic E-state index is 0.0607. The number of hydrogen-bond acceptors (Lipinski definition) is 4. The van der Waals surface area contributed by atoms with E-state index in [4.69, 9.17) is 16.3 Å². The molecule has 6 nitrogen and oxygen atoms in total. The van der Waals surface area contributed by atoms with Gasteiger partial charge in [0.25, 0.3) is 11.6 Å². The van der Waals surface area contributed by atoms with Crippen molar-refractivity contribution in [1.82, 2.24) is 5.32 Å². The van der Waals surface area contributed by atoms with Gasteiger partial charge in [-0.05, 0) is 12.1 Å². The Labute approximate surface area is 103 Å². The van der Waals surface area contributed by atoms with E-state index < -0.39 is 4.92 Å². The van der Waals surface area contributed by atoms with Crippen LogP contribution >= 0.6 is 11.6 Å². The van der Waals surface area contributed by atoms with Crippen LogP contribution in [0, 0.1) is 10.1 Å². The fourth-order valence-corrected chi connectivity index (χ4v) is 1.41. The molecular weight excluding hydrogens is 248 g/mol. The number of amides is 1.